The predicted octanol–water partition coefficient (Wildman–Crippen LogP) is 2.77. The van der Waals surface area contributed by atoms with Crippen LogP contribution in [-0.4, -0.2) is 33.9 Å². The van der Waals surface area contributed by atoms with Crippen LogP contribution in [0.5, 0.6) is 11.5 Å². The van der Waals surface area contributed by atoms with E-state index in [-0.39, 0.29) is 0 Å². The standard InChI is InChI=1S/C14H21ClN2O2/c1-18-13-7-14(19-2)12(6-11(13)15)17-9-10-4-3-5-16-8-10/h6-7,10,16-17H,3-5,8-9H2,1-2H3. The zero-order chi connectivity index (χ0) is 13.7. The zero-order valence-electron chi connectivity index (χ0n) is 11.5. The van der Waals surface area contributed by atoms with E-state index in [1.165, 1.54) is 12.8 Å². The van der Waals surface area contributed by atoms with Crippen LogP contribution in [0.1, 0.15) is 12.8 Å². The highest BCUT2D eigenvalue weighted by molar-refractivity contribution is 6.32. The van der Waals surface area contributed by atoms with Crippen LogP contribution in [0.15, 0.2) is 12.1 Å². The summed E-state index contributed by atoms with van der Waals surface area (Å²) in [5.41, 5.74) is 0.916. The largest absolute Gasteiger partial charge is 0.495 e. The number of hydrogen-bond donors (Lipinski definition) is 2. The van der Waals surface area contributed by atoms with Crippen molar-refractivity contribution >= 4 is 17.3 Å². The fourth-order valence-corrected chi connectivity index (χ4v) is 2.59. The summed E-state index contributed by atoms with van der Waals surface area (Å²) in [5.74, 6) is 2.03. The molecule has 0 amide bonds. The lowest BCUT2D eigenvalue weighted by Gasteiger charge is -2.24. The first-order chi connectivity index (χ1) is 9.24. The highest BCUT2D eigenvalue weighted by atomic mass is 35.5. The first kappa shape index (κ1) is 14.3. The van der Waals surface area contributed by atoms with E-state index in [1.54, 1.807) is 14.2 Å². The van der Waals surface area contributed by atoms with Gasteiger partial charge >= 0.3 is 0 Å². The van der Waals surface area contributed by atoms with Crippen LogP contribution >= 0.6 is 11.6 Å². The summed E-state index contributed by atoms with van der Waals surface area (Å²) in [6, 6.07) is 3.67. The van der Waals surface area contributed by atoms with Crippen molar-refractivity contribution in [2.24, 2.45) is 5.92 Å². The van der Waals surface area contributed by atoms with Crippen LogP contribution in [-0.2, 0) is 0 Å². The van der Waals surface area contributed by atoms with Gasteiger partial charge in [0.25, 0.3) is 0 Å². The Bertz CT molecular complexity index is 420. The Morgan fingerprint density at radius 2 is 2.11 bits per heavy atom. The number of nitrogens with one attached hydrogen (secondary N) is 2. The normalized spacial score (nSPS) is 19.0. The Morgan fingerprint density at radius 1 is 1.32 bits per heavy atom. The van der Waals surface area contributed by atoms with Crippen LogP contribution in [0.4, 0.5) is 5.69 Å². The molecule has 1 aliphatic heterocycles. The minimum absolute atomic E-state index is 0.590. The van der Waals surface area contributed by atoms with Gasteiger partial charge in [-0.2, -0.15) is 0 Å². The van der Waals surface area contributed by atoms with Crippen molar-refractivity contribution in [3.63, 3.8) is 0 Å². The Kier molecular flexibility index (Phi) is 5.16. The molecule has 0 bridgehead atoms. The minimum Gasteiger partial charge on any atom is -0.495 e. The minimum atomic E-state index is 0.590. The molecule has 4 nitrogen and oxygen atoms in total. The van der Waals surface area contributed by atoms with Crippen molar-refractivity contribution in [1.82, 2.24) is 5.32 Å². The molecule has 19 heavy (non-hydrogen) atoms. The molecule has 1 aromatic rings. The van der Waals surface area contributed by atoms with Crippen LogP contribution in [0.3, 0.4) is 0 Å². The van der Waals surface area contributed by atoms with Gasteiger partial charge in [-0.25, -0.2) is 0 Å². The monoisotopic (exact) mass is 284 g/mol. The van der Waals surface area contributed by atoms with Gasteiger partial charge in [-0.15, -0.1) is 0 Å². The Labute approximate surface area is 119 Å². The third kappa shape index (κ3) is 3.67. The summed E-state index contributed by atoms with van der Waals surface area (Å²) in [6.07, 6.45) is 2.50. The molecule has 1 fully saturated rings. The number of piperidine rings is 1. The molecule has 2 rings (SSSR count). The maximum absolute atomic E-state index is 6.15. The van der Waals surface area contributed by atoms with Crippen molar-refractivity contribution in [2.75, 3.05) is 39.2 Å². The molecule has 1 unspecified atom stereocenters. The summed E-state index contributed by atoms with van der Waals surface area (Å²) >= 11 is 6.15. The van der Waals surface area contributed by atoms with E-state index < -0.39 is 0 Å². The van der Waals surface area contributed by atoms with Gasteiger partial charge < -0.3 is 20.1 Å². The molecule has 1 aromatic carbocycles. The quantitative estimate of drug-likeness (QED) is 0.872. The summed E-state index contributed by atoms with van der Waals surface area (Å²) in [6.45, 7) is 3.12. The van der Waals surface area contributed by atoms with Gasteiger partial charge in [-0.3, -0.25) is 0 Å². The molecule has 1 aliphatic rings. The van der Waals surface area contributed by atoms with E-state index in [1.807, 2.05) is 12.1 Å². The molecular formula is C14H21ClN2O2. The number of ether oxygens (including phenoxy) is 2. The SMILES string of the molecule is COc1cc(OC)c(NCC2CCCNC2)cc1Cl. The maximum Gasteiger partial charge on any atom is 0.145 e. The number of rotatable bonds is 5. The van der Waals surface area contributed by atoms with Gasteiger partial charge in [0.1, 0.15) is 11.5 Å². The van der Waals surface area contributed by atoms with Crippen molar-refractivity contribution in [2.45, 2.75) is 12.8 Å². The predicted molar refractivity (Wildman–Crippen MR) is 78.6 cm³/mol. The number of halogens is 1. The molecular weight excluding hydrogens is 264 g/mol. The van der Waals surface area contributed by atoms with Gasteiger partial charge in [-0.05, 0) is 37.9 Å². The summed E-state index contributed by atoms with van der Waals surface area (Å²) in [5, 5.41) is 7.42. The molecule has 0 aliphatic carbocycles. The summed E-state index contributed by atoms with van der Waals surface area (Å²) in [4.78, 5) is 0. The lowest BCUT2D eigenvalue weighted by atomic mass is 10.00. The van der Waals surface area contributed by atoms with Gasteiger partial charge in [0.15, 0.2) is 0 Å². The molecule has 1 heterocycles. The average Bonchev–Trinajstić information content (AvgIpc) is 2.46. The number of benzene rings is 1. The molecule has 2 N–H and O–H groups in total. The van der Waals surface area contributed by atoms with Crippen LogP contribution in [0.2, 0.25) is 5.02 Å². The van der Waals surface area contributed by atoms with E-state index in [2.05, 4.69) is 10.6 Å². The second-order valence-electron chi connectivity index (χ2n) is 4.78. The Balaban J connectivity index is 2.04. The fraction of sp³-hybridized carbons (Fsp3) is 0.571. The second-order valence-corrected chi connectivity index (χ2v) is 5.19. The third-order valence-corrected chi connectivity index (χ3v) is 3.75. The molecule has 1 saturated heterocycles. The lowest BCUT2D eigenvalue weighted by Crippen LogP contribution is -2.33. The van der Waals surface area contributed by atoms with Crippen LogP contribution in [0.25, 0.3) is 0 Å². The zero-order valence-corrected chi connectivity index (χ0v) is 12.2. The van der Waals surface area contributed by atoms with Crippen LogP contribution in [0, 0.1) is 5.92 Å². The van der Waals surface area contributed by atoms with Crippen molar-refractivity contribution in [1.29, 1.82) is 0 Å². The highest BCUT2D eigenvalue weighted by Crippen LogP contribution is 2.36. The van der Waals surface area contributed by atoms with E-state index in [0.29, 0.717) is 16.7 Å². The highest BCUT2D eigenvalue weighted by Gasteiger charge is 2.14. The Hall–Kier alpha value is -1.13. The van der Waals surface area contributed by atoms with E-state index in [0.717, 1.165) is 31.1 Å². The molecule has 0 aromatic heterocycles. The first-order valence-electron chi connectivity index (χ1n) is 6.60. The second kappa shape index (κ2) is 6.87. The fourth-order valence-electron chi connectivity index (χ4n) is 2.35. The van der Waals surface area contributed by atoms with Gasteiger partial charge in [-0.1, -0.05) is 11.6 Å². The van der Waals surface area contributed by atoms with E-state index in [4.69, 9.17) is 21.1 Å². The van der Waals surface area contributed by atoms with Gasteiger partial charge in [0.2, 0.25) is 0 Å². The molecule has 1 atom stereocenters. The maximum atomic E-state index is 6.15. The number of hydrogen-bond acceptors (Lipinski definition) is 4. The summed E-state index contributed by atoms with van der Waals surface area (Å²) in [7, 11) is 3.25. The average molecular weight is 285 g/mol. The topological polar surface area (TPSA) is 42.5 Å². The van der Waals surface area contributed by atoms with Gasteiger partial charge in [0, 0.05) is 12.6 Å². The Morgan fingerprint density at radius 3 is 2.74 bits per heavy atom. The molecule has 0 saturated carbocycles. The van der Waals surface area contributed by atoms with Crippen molar-refractivity contribution in [3.8, 4) is 11.5 Å². The number of anilines is 1. The molecule has 0 spiro atoms. The molecule has 0 radical (unpaired) electrons. The van der Waals surface area contributed by atoms with Gasteiger partial charge in [0.05, 0.1) is 24.9 Å². The first-order valence-corrected chi connectivity index (χ1v) is 6.98. The van der Waals surface area contributed by atoms with Crippen LogP contribution < -0.4 is 20.1 Å². The molecule has 5 heteroatoms. The van der Waals surface area contributed by atoms with Crippen molar-refractivity contribution in [3.05, 3.63) is 17.2 Å². The lowest BCUT2D eigenvalue weighted by molar-refractivity contribution is 0.387. The smallest absolute Gasteiger partial charge is 0.145 e. The van der Waals surface area contributed by atoms with E-state index >= 15 is 0 Å². The third-order valence-electron chi connectivity index (χ3n) is 3.45. The summed E-state index contributed by atoms with van der Waals surface area (Å²) < 4.78 is 10.6. The van der Waals surface area contributed by atoms with E-state index in [9.17, 15) is 0 Å². The number of methoxy groups -OCH3 is 2. The van der Waals surface area contributed by atoms with Crippen molar-refractivity contribution < 1.29 is 9.47 Å². The molecule has 106 valence electrons.